The first-order valence-electron chi connectivity index (χ1n) is 7.72. The van der Waals surface area contributed by atoms with Gasteiger partial charge in [0.05, 0.1) is 12.8 Å². The third kappa shape index (κ3) is 3.12. The van der Waals surface area contributed by atoms with Gasteiger partial charge in [0.25, 0.3) is 5.91 Å². The topological polar surface area (TPSA) is 67.0 Å². The molecule has 4 rings (SSSR count). The van der Waals surface area contributed by atoms with Crippen molar-refractivity contribution in [1.82, 2.24) is 9.97 Å². The molecule has 2 N–H and O–H groups in total. The normalized spacial score (nSPS) is 10.8. The van der Waals surface area contributed by atoms with Crippen LogP contribution in [0.3, 0.4) is 0 Å². The number of thiazole rings is 1. The minimum Gasteiger partial charge on any atom is -0.497 e. The fourth-order valence-corrected chi connectivity index (χ4v) is 3.33. The number of carbonyl (C=O) groups excluding carboxylic acids is 1. The quantitative estimate of drug-likeness (QED) is 0.568. The maximum atomic E-state index is 12.4. The van der Waals surface area contributed by atoms with Gasteiger partial charge in [0.15, 0.2) is 0 Å². The largest absolute Gasteiger partial charge is 0.497 e. The number of amides is 1. The molecule has 0 aliphatic heterocycles. The Kier molecular flexibility index (Phi) is 3.95. The van der Waals surface area contributed by atoms with E-state index in [0.717, 1.165) is 27.4 Å². The van der Waals surface area contributed by atoms with Gasteiger partial charge in [-0.1, -0.05) is 18.2 Å². The highest BCUT2D eigenvalue weighted by atomic mass is 32.1. The Labute approximate surface area is 148 Å². The number of ether oxygens (including phenoxy) is 1. The highest BCUT2D eigenvalue weighted by Crippen LogP contribution is 2.27. The number of aromatic nitrogens is 2. The van der Waals surface area contributed by atoms with Crippen molar-refractivity contribution < 1.29 is 9.53 Å². The van der Waals surface area contributed by atoms with E-state index >= 15 is 0 Å². The Morgan fingerprint density at radius 2 is 1.96 bits per heavy atom. The lowest BCUT2D eigenvalue weighted by molar-refractivity contribution is 0.102. The molecule has 0 atom stereocenters. The van der Waals surface area contributed by atoms with Crippen molar-refractivity contribution in [2.75, 3.05) is 12.4 Å². The summed E-state index contributed by atoms with van der Waals surface area (Å²) in [5.74, 6) is 0.511. The molecule has 0 fully saturated rings. The summed E-state index contributed by atoms with van der Waals surface area (Å²) in [6.07, 6.45) is 0. The number of benzene rings is 2. The lowest BCUT2D eigenvalue weighted by Crippen LogP contribution is -2.12. The van der Waals surface area contributed by atoms with Gasteiger partial charge in [0.2, 0.25) is 0 Å². The lowest BCUT2D eigenvalue weighted by Gasteiger charge is -2.04. The van der Waals surface area contributed by atoms with Crippen molar-refractivity contribution >= 4 is 33.8 Å². The van der Waals surface area contributed by atoms with Crippen molar-refractivity contribution in [1.29, 1.82) is 0 Å². The van der Waals surface area contributed by atoms with Gasteiger partial charge in [-0.2, -0.15) is 0 Å². The Balaban J connectivity index is 1.54. The van der Waals surface area contributed by atoms with Crippen LogP contribution >= 0.6 is 11.3 Å². The molecule has 6 heteroatoms. The van der Waals surface area contributed by atoms with Gasteiger partial charge in [-0.05, 0) is 36.4 Å². The molecule has 0 saturated carbocycles. The molecule has 25 heavy (non-hydrogen) atoms. The highest BCUT2D eigenvalue weighted by molar-refractivity contribution is 7.13. The monoisotopic (exact) mass is 349 g/mol. The van der Waals surface area contributed by atoms with Crippen molar-refractivity contribution in [3.63, 3.8) is 0 Å². The van der Waals surface area contributed by atoms with Crippen LogP contribution in [-0.4, -0.2) is 23.0 Å². The van der Waals surface area contributed by atoms with Crippen molar-refractivity contribution in [3.8, 4) is 16.5 Å². The van der Waals surface area contributed by atoms with Gasteiger partial charge in [-0.15, -0.1) is 11.3 Å². The molecule has 5 nitrogen and oxygen atoms in total. The van der Waals surface area contributed by atoms with Crippen LogP contribution in [0.25, 0.3) is 21.6 Å². The van der Waals surface area contributed by atoms with E-state index in [1.807, 2.05) is 30.3 Å². The number of para-hydroxylation sites is 1. The smallest absolute Gasteiger partial charge is 0.275 e. The van der Waals surface area contributed by atoms with Crippen LogP contribution in [0.1, 0.15) is 10.5 Å². The lowest BCUT2D eigenvalue weighted by atomic mass is 10.2. The first-order chi connectivity index (χ1) is 12.2. The van der Waals surface area contributed by atoms with E-state index in [9.17, 15) is 4.79 Å². The average Bonchev–Trinajstić information content (AvgIpc) is 3.29. The molecular weight excluding hydrogens is 334 g/mol. The average molecular weight is 349 g/mol. The summed E-state index contributed by atoms with van der Waals surface area (Å²) in [6, 6.07) is 17.3. The van der Waals surface area contributed by atoms with E-state index in [0.29, 0.717) is 11.4 Å². The number of rotatable bonds is 4. The fraction of sp³-hybridized carbons (Fsp3) is 0.0526. The van der Waals surface area contributed by atoms with Crippen molar-refractivity contribution in [2.24, 2.45) is 0 Å². The van der Waals surface area contributed by atoms with Crippen LogP contribution in [0, 0.1) is 0 Å². The second kappa shape index (κ2) is 6.41. The predicted octanol–water partition coefficient (Wildman–Crippen LogP) is 4.55. The summed E-state index contributed by atoms with van der Waals surface area (Å²) >= 11 is 1.44. The van der Waals surface area contributed by atoms with E-state index in [4.69, 9.17) is 4.74 Å². The standard InChI is InChI=1S/C19H15N3O2S/c1-24-14-8-6-13(7-9-14)20-18(23)17-11-25-19(22-17)16-10-12-4-2-3-5-15(12)21-16/h2-11,21H,1H3,(H,20,23). The van der Waals surface area contributed by atoms with Gasteiger partial charge < -0.3 is 15.0 Å². The molecule has 0 unspecified atom stereocenters. The molecule has 0 spiro atoms. The number of aromatic amines is 1. The number of hydrogen-bond acceptors (Lipinski definition) is 4. The molecule has 2 heterocycles. The second-order valence-corrected chi connectivity index (χ2v) is 6.35. The summed E-state index contributed by atoms with van der Waals surface area (Å²) in [5, 5.41) is 6.51. The van der Waals surface area contributed by atoms with E-state index in [1.165, 1.54) is 11.3 Å². The summed E-state index contributed by atoms with van der Waals surface area (Å²) in [6.45, 7) is 0. The number of carbonyl (C=O) groups is 1. The zero-order valence-electron chi connectivity index (χ0n) is 13.4. The fourth-order valence-electron chi connectivity index (χ4n) is 2.56. The number of fused-ring (bicyclic) bond motifs is 1. The van der Waals surface area contributed by atoms with E-state index in [-0.39, 0.29) is 5.91 Å². The number of nitrogens with zero attached hydrogens (tertiary/aromatic N) is 1. The van der Waals surface area contributed by atoms with Crippen molar-refractivity contribution in [3.05, 3.63) is 65.7 Å². The van der Waals surface area contributed by atoms with Crippen LogP contribution in [0.2, 0.25) is 0 Å². The molecule has 124 valence electrons. The highest BCUT2D eigenvalue weighted by Gasteiger charge is 2.13. The first-order valence-corrected chi connectivity index (χ1v) is 8.60. The molecule has 0 aliphatic carbocycles. The van der Waals surface area contributed by atoms with Gasteiger partial charge in [0, 0.05) is 22.0 Å². The molecule has 0 saturated heterocycles. The minimum absolute atomic E-state index is 0.233. The van der Waals surface area contributed by atoms with E-state index < -0.39 is 0 Å². The number of H-pyrrole nitrogens is 1. The molecule has 0 aliphatic rings. The van der Waals surface area contributed by atoms with Gasteiger partial charge in [0.1, 0.15) is 16.5 Å². The van der Waals surface area contributed by atoms with Gasteiger partial charge in [-0.3, -0.25) is 4.79 Å². The summed E-state index contributed by atoms with van der Waals surface area (Å²) in [7, 11) is 1.61. The molecule has 2 aromatic heterocycles. The molecule has 1 amide bonds. The minimum atomic E-state index is -0.233. The second-order valence-electron chi connectivity index (χ2n) is 5.49. The third-order valence-electron chi connectivity index (χ3n) is 3.85. The molecule has 0 radical (unpaired) electrons. The van der Waals surface area contributed by atoms with Crippen LogP contribution in [0.4, 0.5) is 5.69 Å². The molecular formula is C19H15N3O2S. The predicted molar refractivity (Wildman–Crippen MR) is 100 cm³/mol. The maximum Gasteiger partial charge on any atom is 0.275 e. The number of anilines is 1. The number of hydrogen-bond donors (Lipinski definition) is 2. The zero-order valence-corrected chi connectivity index (χ0v) is 14.3. The SMILES string of the molecule is COc1ccc(NC(=O)c2csc(-c3cc4ccccc4[nH]3)n2)cc1. The maximum absolute atomic E-state index is 12.4. The Morgan fingerprint density at radius 3 is 2.72 bits per heavy atom. The number of nitrogens with one attached hydrogen (secondary N) is 2. The third-order valence-corrected chi connectivity index (χ3v) is 4.72. The summed E-state index contributed by atoms with van der Waals surface area (Å²) < 4.78 is 5.11. The summed E-state index contributed by atoms with van der Waals surface area (Å²) in [5.41, 5.74) is 3.06. The van der Waals surface area contributed by atoms with Gasteiger partial charge in [-0.25, -0.2) is 4.98 Å². The molecule has 2 aromatic carbocycles. The van der Waals surface area contributed by atoms with Crippen molar-refractivity contribution in [2.45, 2.75) is 0 Å². The van der Waals surface area contributed by atoms with Gasteiger partial charge >= 0.3 is 0 Å². The first kappa shape index (κ1) is 15.4. The molecule has 4 aromatic rings. The van der Waals surface area contributed by atoms with Crippen LogP contribution in [0.5, 0.6) is 5.75 Å². The summed E-state index contributed by atoms with van der Waals surface area (Å²) in [4.78, 5) is 20.2. The van der Waals surface area contributed by atoms with Crippen LogP contribution in [0.15, 0.2) is 60.0 Å². The Hall–Kier alpha value is -3.12. The molecule has 0 bridgehead atoms. The van der Waals surface area contributed by atoms with E-state index in [1.54, 1.807) is 36.8 Å². The van der Waals surface area contributed by atoms with E-state index in [2.05, 4.69) is 15.3 Å². The van der Waals surface area contributed by atoms with Crippen LogP contribution < -0.4 is 10.1 Å². The Morgan fingerprint density at radius 1 is 1.16 bits per heavy atom. The Bertz CT molecular complexity index is 1000. The van der Waals surface area contributed by atoms with Crippen LogP contribution in [-0.2, 0) is 0 Å². The number of methoxy groups -OCH3 is 1. The zero-order chi connectivity index (χ0) is 17.2.